The van der Waals surface area contributed by atoms with Crippen LogP contribution in [0.2, 0.25) is 0 Å². The fraction of sp³-hybridized carbons (Fsp3) is 1.00. The van der Waals surface area contributed by atoms with Crippen LogP contribution in [0.4, 0.5) is 0 Å². The van der Waals surface area contributed by atoms with Crippen molar-refractivity contribution in [2.75, 3.05) is 5.33 Å². The molecule has 1 fully saturated rings. The lowest BCUT2D eigenvalue weighted by Gasteiger charge is -1.92. The maximum absolute atomic E-state index is 5.73. The normalized spacial score (nSPS) is 32.6. The van der Waals surface area contributed by atoms with Gasteiger partial charge >= 0.3 is 0 Å². The number of halogens is 3. The van der Waals surface area contributed by atoms with Gasteiger partial charge in [-0.2, -0.15) is 0 Å². The second kappa shape index (κ2) is 2.36. The molecule has 0 amide bonds. The first kappa shape index (κ1) is 7.17. The average Bonchev–Trinajstić information content (AvgIpc) is 2.15. The van der Waals surface area contributed by atoms with Crippen LogP contribution in [0.3, 0.4) is 0 Å². The van der Waals surface area contributed by atoms with Crippen molar-refractivity contribution in [3.63, 3.8) is 0 Å². The van der Waals surface area contributed by atoms with E-state index in [1.165, 1.54) is 0 Å². The molecule has 0 bridgehead atoms. The molecule has 3 heteroatoms. The van der Waals surface area contributed by atoms with Crippen LogP contribution in [-0.4, -0.2) is 9.66 Å². The summed E-state index contributed by atoms with van der Waals surface area (Å²) in [4.78, 5) is 0. The van der Waals surface area contributed by atoms with Gasteiger partial charge in [0.05, 0.1) is 0 Å². The molecule has 1 rings (SSSR count). The van der Waals surface area contributed by atoms with Crippen molar-refractivity contribution < 1.29 is 0 Å². The fourth-order valence-corrected chi connectivity index (χ4v) is 1.86. The Morgan fingerprint density at radius 2 is 2.12 bits per heavy atom. The second-order valence-corrected chi connectivity index (χ2v) is 4.48. The van der Waals surface area contributed by atoms with Gasteiger partial charge in [-0.25, -0.2) is 0 Å². The van der Waals surface area contributed by atoms with Crippen LogP contribution >= 0.6 is 39.1 Å². The number of hydrogen-bond acceptors (Lipinski definition) is 0. The first-order valence-corrected chi connectivity index (χ1v) is 4.48. The zero-order valence-electron chi connectivity index (χ0n) is 4.33. The summed E-state index contributed by atoms with van der Waals surface area (Å²) >= 11 is 14.8. The van der Waals surface area contributed by atoms with Crippen LogP contribution in [0, 0.1) is 5.92 Å². The maximum Gasteiger partial charge on any atom is 0.121 e. The number of hydrogen-bond donors (Lipinski definition) is 0. The molecular formula is C5H7BrCl2. The van der Waals surface area contributed by atoms with Crippen LogP contribution in [0.15, 0.2) is 0 Å². The van der Waals surface area contributed by atoms with E-state index in [1.54, 1.807) is 0 Å². The van der Waals surface area contributed by atoms with Gasteiger partial charge in [-0.15, -0.1) is 23.2 Å². The molecule has 0 aromatic carbocycles. The van der Waals surface area contributed by atoms with Crippen LogP contribution in [0.1, 0.15) is 12.8 Å². The van der Waals surface area contributed by atoms with E-state index in [1.807, 2.05) is 0 Å². The van der Waals surface area contributed by atoms with Crippen LogP contribution in [0.5, 0.6) is 0 Å². The third-order valence-electron chi connectivity index (χ3n) is 1.41. The van der Waals surface area contributed by atoms with Gasteiger partial charge in [-0.05, 0) is 18.8 Å². The molecule has 0 N–H and O–H groups in total. The van der Waals surface area contributed by atoms with Gasteiger partial charge in [0.1, 0.15) is 4.33 Å². The van der Waals surface area contributed by atoms with Gasteiger partial charge in [0.25, 0.3) is 0 Å². The van der Waals surface area contributed by atoms with Crippen LogP contribution in [-0.2, 0) is 0 Å². The molecule has 0 unspecified atom stereocenters. The highest BCUT2D eigenvalue weighted by atomic mass is 79.9. The van der Waals surface area contributed by atoms with Crippen LogP contribution < -0.4 is 0 Å². The molecule has 0 aromatic rings. The van der Waals surface area contributed by atoms with Crippen molar-refractivity contribution in [2.24, 2.45) is 5.92 Å². The molecule has 0 heterocycles. The topological polar surface area (TPSA) is 0 Å². The van der Waals surface area contributed by atoms with E-state index < -0.39 is 0 Å². The largest absolute Gasteiger partial charge is 0.121 e. The van der Waals surface area contributed by atoms with Gasteiger partial charge in [-0.3, -0.25) is 0 Å². The zero-order valence-corrected chi connectivity index (χ0v) is 7.43. The van der Waals surface area contributed by atoms with Gasteiger partial charge in [0, 0.05) is 5.33 Å². The summed E-state index contributed by atoms with van der Waals surface area (Å²) in [5.41, 5.74) is 0. The average molecular weight is 218 g/mol. The molecule has 1 aliphatic carbocycles. The Kier molecular flexibility index (Phi) is 2.11. The fourth-order valence-electron chi connectivity index (χ4n) is 0.715. The van der Waals surface area contributed by atoms with Crippen LogP contribution in [0.25, 0.3) is 0 Å². The highest BCUT2D eigenvalue weighted by molar-refractivity contribution is 9.09. The molecule has 0 spiro atoms. The molecule has 1 atom stereocenters. The molecule has 0 saturated heterocycles. The summed E-state index contributed by atoms with van der Waals surface area (Å²) in [5, 5.41) is 1.01. The van der Waals surface area contributed by atoms with Crippen molar-refractivity contribution in [2.45, 2.75) is 17.2 Å². The van der Waals surface area contributed by atoms with Crippen molar-refractivity contribution in [3.05, 3.63) is 0 Å². The summed E-state index contributed by atoms with van der Waals surface area (Å²) in [7, 11) is 0. The summed E-state index contributed by atoms with van der Waals surface area (Å²) < 4.78 is -0.367. The summed E-state index contributed by atoms with van der Waals surface area (Å²) in [6.07, 6.45) is 2.08. The standard InChI is InChI=1S/C5H7BrCl2/c6-2-1-4-3-5(4,7)8/h4H,1-3H2/t4-/m1/s1. The Balaban J connectivity index is 2.17. The molecule has 0 aliphatic heterocycles. The number of alkyl halides is 3. The summed E-state index contributed by atoms with van der Waals surface area (Å²) in [6.45, 7) is 0. The molecule has 0 nitrogen and oxygen atoms in total. The summed E-state index contributed by atoms with van der Waals surface area (Å²) in [5.74, 6) is 0.546. The minimum Gasteiger partial charge on any atom is -0.101 e. The summed E-state index contributed by atoms with van der Waals surface area (Å²) in [6, 6.07) is 0. The molecular weight excluding hydrogens is 211 g/mol. The third kappa shape index (κ3) is 1.52. The van der Waals surface area contributed by atoms with Gasteiger partial charge in [-0.1, -0.05) is 15.9 Å². The molecule has 0 radical (unpaired) electrons. The van der Waals surface area contributed by atoms with E-state index in [0.717, 1.165) is 18.2 Å². The van der Waals surface area contributed by atoms with Crippen molar-refractivity contribution in [3.8, 4) is 0 Å². The van der Waals surface area contributed by atoms with E-state index in [-0.39, 0.29) is 4.33 Å². The van der Waals surface area contributed by atoms with E-state index in [2.05, 4.69) is 15.9 Å². The lowest BCUT2D eigenvalue weighted by molar-refractivity contribution is 0.801. The molecule has 1 aliphatic rings. The van der Waals surface area contributed by atoms with Crippen molar-refractivity contribution in [1.29, 1.82) is 0 Å². The highest BCUT2D eigenvalue weighted by Crippen LogP contribution is 2.54. The van der Waals surface area contributed by atoms with Crippen molar-refractivity contribution >= 4 is 39.1 Å². The first-order valence-electron chi connectivity index (χ1n) is 2.60. The number of rotatable bonds is 2. The van der Waals surface area contributed by atoms with E-state index >= 15 is 0 Å². The molecule has 48 valence electrons. The smallest absolute Gasteiger partial charge is 0.101 e. The van der Waals surface area contributed by atoms with E-state index in [0.29, 0.717) is 5.92 Å². The van der Waals surface area contributed by atoms with Crippen molar-refractivity contribution in [1.82, 2.24) is 0 Å². The minimum atomic E-state index is -0.367. The highest BCUT2D eigenvalue weighted by Gasteiger charge is 2.50. The van der Waals surface area contributed by atoms with Gasteiger partial charge in [0.15, 0.2) is 0 Å². The predicted molar refractivity (Wildman–Crippen MR) is 41.0 cm³/mol. The Labute approximate surface area is 67.7 Å². The molecule has 0 aromatic heterocycles. The van der Waals surface area contributed by atoms with Gasteiger partial charge in [0.2, 0.25) is 0 Å². The third-order valence-corrected chi connectivity index (χ3v) is 2.80. The predicted octanol–water partition coefficient (Wildman–Crippen LogP) is 2.97. The SMILES string of the molecule is ClC1(Cl)C[C@H]1CCBr. The Hall–Kier alpha value is 1.06. The van der Waals surface area contributed by atoms with E-state index in [9.17, 15) is 0 Å². The lowest BCUT2D eigenvalue weighted by Crippen LogP contribution is -1.89. The molecule has 8 heavy (non-hydrogen) atoms. The maximum atomic E-state index is 5.73. The Morgan fingerprint density at radius 3 is 2.25 bits per heavy atom. The Bertz CT molecular complexity index is 92.4. The quantitative estimate of drug-likeness (QED) is 0.625. The van der Waals surface area contributed by atoms with E-state index in [4.69, 9.17) is 23.2 Å². The first-order chi connectivity index (χ1) is 3.67. The zero-order chi connectivity index (χ0) is 6.20. The minimum absolute atomic E-state index is 0.367. The monoisotopic (exact) mass is 216 g/mol. The lowest BCUT2D eigenvalue weighted by atomic mass is 10.3. The second-order valence-electron chi connectivity index (χ2n) is 2.14. The molecule has 1 saturated carbocycles. The van der Waals surface area contributed by atoms with Gasteiger partial charge < -0.3 is 0 Å². The Morgan fingerprint density at radius 1 is 1.62 bits per heavy atom.